The second kappa shape index (κ2) is 12.4. The second-order valence-electron chi connectivity index (χ2n) is 10.4. The standard InChI is InChI=1S/C32H35N3O4S/c1-22(2)24-8-12-26(13-9-24)39-21-29-28-15-18-40-30(28)14-16-35(29)31(36)20-34(19-27-5-4-17-38-27)32(37)33-25-10-6-23(3)7-11-25/h4-13,15,17-18,22,29H,14,16,19-21H2,1-3H3,(H,33,37)/t29-/m0/s1. The van der Waals surface area contributed by atoms with Crippen LogP contribution >= 0.6 is 11.3 Å². The molecule has 0 saturated heterocycles. The summed E-state index contributed by atoms with van der Waals surface area (Å²) in [4.78, 5) is 31.8. The zero-order chi connectivity index (χ0) is 28.1. The predicted molar refractivity (Wildman–Crippen MR) is 158 cm³/mol. The van der Waals surface area contributed by atoms with Crippen molar-refractivity contribution in [3.8, 4) is 5.75 Å². The number of nitrogens with zero attached hydrogens (tertiary/aromatic N) is 2. The number of fused-ring (bicyclic) bond motifs is 1. The quantitative estimate of drug-likeness (QED) is 0.240. The van der Waals surface area contributed by atoms with Crippen molar-refractivity contribution < 1.29 is 18.7 Å². The summed E-state index contributed by atoms with van der Waals surface area (Å²) < 4.78 is 11.7. The maximum Gasteiger partial charge on any atom is 0.322 e. The van der Waals surface area contributed by atoms with Crippen molar-refractivity contribution in [2.45, 2.75) is 45.7 Å². The minimum atomic E-state index is -0.361. The van der Waals surface area contributed by atoms with Crippen molar-refractivity contribution >= 4 is 29.0 Å². The lowest BCUT2D eigenvalue weighted by atomic mass is 10.00. The van der Waals surface area contributed by atoms with Crippen LogP contribution < -0.4 is 10.1 Å². The third-order valence-electron chi connectivity index (χ3n) is 7.21. The van der Waals surface area contributed by atoms with E-state index >= 15 is 0 Å². The number of hydrogen-bond acceptors (Lipinski definition) is 5. The fraction of sp³-hybridized carbons (Fsp3) is 0.312. The normalized spacial score (nSPS) is 14.6. The first kappa shape index (κ1) is 27.5. The summed E-state index contributed by atoms with van der Waals surface area (Å²) in [7, 11) is 0. The minimum absolute atomic E-state index is 0.0859. The number of ether oxygens (including phenoxy) is 1. The summed E-state index contributed by atoms with van der Waals surface area (Å²) in [6.45, 7) is 7.32. The van der Waals surface area contributed by atoms with Crippen molar-refractivity contribution in [1.29, 1.82) is 0 Å². The number of urea groups is 1. The van der Waals surface area contributed by atoms with Gasteiger partial charge in [0.05, 0.1) is 18.8 Å². The Hall–Kier alpha value is -4.04. The maximum atomic E-state index is 13.8. The van der Waals surface area contributed by atoms with E-state index in [-0.39, 0.29) is 31.1 Å². The first-order valence-corrected chi connectivity index (χ1v) is 14.5. The monoisotopic (exact) mass is 557 g/mol. The van der Waals surface area contributed by atoms with Crippen molar-refractivity contribution in [1.82, 2.24) is 9.80 Å². The Bertz CT molecular complexity index is 1410. The van der Waals surface area contributed by atoms with E-state index in [1.807, 2.05) is 48.2 Å². The second-order valence-corrected chi connectivity index (χ2v) is 11.4. The van der Waals surface area contributed by atoms with Gasteiger partial charge >= 0.3 is 6.03 Å². The molecule has 0 unspecified atom stereocenters. The highest BCUT2D eigenvalue weighted by Gasteiger charge is 2.33. The Morgan fingerprint density at radius 2 is 1.88 bits per heavy atom. The molecule has 8 heteroatoms. The number of thiophene rings is 1. The van der Waals surface area contributed by atoms with Crippen LogP contribution in [0.1, 0.15) is 53.1 Å². The van der Waals surface area contributed by atoms with Crippen LogP contribution in [0.25, 0.3) is 0 Å². The number of rotatable bonds is 9. The number of amides is 3. The molecule has 5 rings (SSSR count). The number of carbonyl (C=O) groups is 2. The molecule has 7 nitrogen and oxygen atoms in total. The zero-order valence-electron chi connectivity index (χ0n) is 23.1. The van der Waals surface area contributed by atoms with Crippen LogP contribution in [0.4, 0.5) is 10.5 Å². The van der Waals surface area contributed by atoms with E-state index in [1.165, 1.54) is 15.3 Å². The van der Waals surface area contributed by atoms with Gasteiger partial charge in [-0.15, -0.1) is 11.3 Å². The molecule has 1 aliphatic heterocycles. The fourth-order valence-electron chi connectivity index (χ4n) is 4.88. The van der Waals surface area contributed by atoms with Gasteiger partial charge in [0, 0.05) is 17.1 Å². The molecule has 0 aliphatic carbocycles. The van der Waals surface area contributed by atoms with Crippen LogP contribution in [-0.4, -0.2) is 41.4 Å². The predicted octanol–water partition coefficient (Wildman–Crippen LogP) is 7.01. The summed E-state index contributed by atoms with van der Waals surface area (Å²) in [6.07, 6.45) is 2.35. The number of nitrogens with one attached hydrogen (secondary N) is 1. The highest BCUT2D eigenvalue weighted by molar-refractivity contribution is 7.10. The van der Waals surface area contributed by atoms with Crippen molar-refractivity contribution in [3.63, 3.8) is 0 Å². The number of anilines is 1. The lowest BCUT2D eigenvalue weighted by molar-refractivity contribution is -0.135. The molecule has 0 bridgehead atoms. The Morgan fingerprint density at radius 3 is 2.58 bits per heavy atom. The molecule has 3 heterocycles. The third-order valence-corrected chi connectivity index (χ3v) is 8.21. The Labute approximate surface area is 239 Å². The lowest BCUT2D eigenvalue weighted by Gasteiger charge is -2.37. The number of hydrogen-bond donors (Lipinski definition) is 1. The smallest absolute Gasteiger partial charge is 0.322 e. The SMILES string of the molecule is Cc1ccc(NC(=O)N(CC(=O)N2CCc3sccc3[C@@H]2COc2ccc(C(C)C)cc2)Cc2ccco2)cc1. The summed E-state index contributed by atoms with van der Waals surface area (Å²) in [5, 5.41) is 4.99. The highest BCUT2D eigenvalue weighted by Crippen LogP contribution is 2.34. The van der Waals surface area contributed by atoms with Crippen LogP contribution in [0.3, 0.4) is 0 Å². The molecule has 0 radical (unpaired) electrons. The Morgan fingerprint density at radius 1 is 1.10 bits per heavy atom. The average molecular weight is 558 g/mol. The van der Waals surface area contributed by atoms with Gasteiger partial charge in [-0.2, -0.15) is 0 Å². The lowest BCUT2D eigenvalue weighted by Crippen LogP contribution is -2.48. The van der Waals surface area contributed by atoms with E-state index in [9.17, 15) is 9.59 Å². The van der Waals surface area contributed by atoms with E-state index in [2.05, 4.69) is 42.7 Å². The molecule has 2 aromatic heterocycles. The molecule has 2 aromatic carbocycles. The molecule has 0 spiro atoms. The van der Waals surface area contributed by atoms with Gasteiger partial charge in [-0.05, 0) is 78.2 Å². The molecule has 0 saturated carbocycles. The highest BCUT2D eigenvalue weighted by atomic mass is 32.1. The summed E-state index contributed by atoms with van der Waals surface area (Å²) in [5.74, 6) is 1.69. The van der Waals surface area contributed by atoms with Gasteiger partial charge in [0.25, 0.3) is 0 Å². The van der Waals surface area contributed by atoms with Gasteiger partial charge in [0.2, 0.25) is 5.91 Å². The number of benzene rings is 2. The fourth-order valence-corrected chi connectivity index (χ4v) is 5.81. The van der Waals surface area contributed by atoms with Gasteiger partial charge in [0.1, 0.15) is 24.7 Å². The summed E-state index contributed by atoms with van der Waals surface area (Å²) in [6, 6.07) is 20.8. The molecule has 208 valence electrons. The van der Waals surface area contributed by atoms with Gasteiger partial charge in [0.15, 0.2) is 0 Å². The zero-order valence-corrected chi connectivity index (χ0v) is 23.9. The molecular weight excluding hydrogens is 522 g/mol. The Kier molecular flexibility index (Phi) is 8.55. The van der Waals surface area contributed by atoms with Crippen molar-refractivity contribution in [2.24, 2.45) is 0 Å². The molecule has 1 atom stereocenters. The summed E-state index contributed by atoms with van der Waals surface area (Å²) in [5.41, 5.74) is 4.14. The van der Waals surface area contributed by atoms with Crippen LogP contribution in [0.2, 0.25) is 0 Å². The van der Waals surface area contributed by atoms with E-state index < -0.39 is 0 Å². The maximum absolute atomic E-state index is 13.8. The van der Waals surface area contributed by atoms with Crippen molar-refractivity contribution in [2.75, 3.05) is 25.0 Å². The minimum Gasteiger partial charge on any atom is -0.491 e. The molecule has 0 fully saturated rings. The molecule has 40 heavy (non-hydrogen) atoms. The topological polar surface area (TPSA) is 75.0 Å². The molecule has 3 amide bonds. The molecule has 1 aliphatic rings. The van der Waals surface area contributed by atoms with Crippen molar-refractivity contribution in [3.05, 3.63) is 106 Å². The van der Waals surface area contributed by atoms with E-state index in [0.717, 1.165) is 23.3 Å². The van der Waals surface area contributed by atoms with Crippen LogP contribution in [0, 0.1) is 6.92 Å². The molecule has 1 N–H and O–H groups in total. The van der Waals surface area contributed by atoms with Gasteiger partial charge < -0.3 is 24.3 Å². The first-order valence-electron chi connectivity index (χ1n) is 13.6. The first-order chi connectivity index (χ1) is 19.4. The van der Waals surface area contributed by atoms with Crippen LogP contribution in [0.15, 0.2) is 82.8 Å². The number of furan rings is 1. The van der Waals surface area contributed by atoms with E-state index in [0.29, 0.717) is 30.5 Å². The third kappa shape index (κ3) is 6.57. The van der Waals surface area contributed by atoms with Crippen LogP contribution in [-0.2, 0) is 17.8 Å². The van der Waals surface area contributed by atoms with Gasteiger partial charge in [-0.25, -0.2) is 4.79 Å². The molecular formula is C32H35N3O4S. The largest absolute Gasteiger partial charge is 0.491 e. The van der Waals surface area contributed by atoms with Crippen LogP contribution in [0.5, 0.6) is 5.75 Å². The summed E-state index contributed by atoms with van der Waals surface area (Å²) >= 11 is 1.71. The Balaban J connectivity index is 1.32. The van der Waals surface area contributed by atoms with Gasteiger partial charge in [-0.1, -0.05) is 43.7 Å². The van der Waals surface area contributed by atoms with E-state index in [4.69, 9.17) is 9.15 Å². The molecule has 4 aromatic rings. The van der Waals surface area contributed by atoms with E-state index in [1.54, 1.807) is 29.7 Å². The number of carbonyl (C=O) groups excluding carboxylic acids is 2. The number of aryl methyl sites for hydroxylation is 1. The average Bonchev–Trinajstić information content (AvgIpc) is 3.65. The van der Waals surface area contributed by atoms with Gasteiger partial charge in [-0.3, -0.25) is 4.79 Å².